The largest absolute Gasteiger partial charge is 0.447 e. The Morgan fingerprint density at radius 3 is 2.60 bits per heavy atom. The molecule has 1 rings (SSSR count). The van der Waals surface area contributed by atoms with Gasteiger partial charge in [-0.1, -0.05) is 0 Å². The first-order valence-electron chi connectivity index (χ1n) is 2.91. The second-order valence-corrected chi connectivity index (χ2v) is 2.01. The summed E-state index contributed by atoms with van der Waals surface area (Å²) in [4.78, 5) is 31.1. The van der Waals surface area contributed by atoms with E-state index in [1.165, 1.54) is 0 Å². The standard InChI is InChI=1S/C6H6O4/c7-3-5-4(8)1-2-6(9)10-5/h3,5H,1-2H2. The number of ether oxygens (including phenoxy) is 1. The molecule has 0 bridgehead atoms. The molecule has 4 nitrogen and oxygen atoms in total. The first-order chi connectivity index (χ1) is 4.74. The fraction of sp³-hybridized carbons (Fsp3) is 0.500. The molecule has 54 valence electrons. The van der Waals surface area contributed by atoms with Crippen LogP contribution in [0.3, 0.4) is 0 Å². The first-order valence-corrected chi connectivity index (χ1v) is 2.91. The summed E-state index contributed by atoms with van der Waals surface area (Å²) in [5.74, 6) is -0.786. The minimum absolute atomic E-state index is 0.100. The minimum atomic E-state index is -1.14. The van der Waals surface area contributed by atoms with E-state index in [0.29, 0.717) is 6.29 Å². The number of aldehydes is 1. The number of hydrogen-bond acceptors (Lipinski definition) is 4. The summed E-state index contributed by atoms with van der Waals surface area (Å²) in [6, 6.07) is 0. The molecule has 0 amide bonds. The van der Waals surface area contributed by atoms with E-state index >= 15 is 0 Å². The van der Waals surface area contributed by atoms with Gasteiger partial charge in [0, 0.05) is 6.42 Å². The fourth-order valence-electron chi connectivity index (χ4n) is 0.737. The van der Waals surface area contributed by atoms with Gasteiger partial charge >= 0.3 is 5.97 Å². The smallest absolute Gasteiger partial charge is 0.307 e. The summed E-state index contributed by atoms with van der Waals surface area (Å²) in [6.45, 7) is 0. The van der Waals surface area contributed by atoms with E-state index in [9.17, 15) is 14.4 Å². The van der Waals surface area contributed by atoms with Crippen molar-refractivity contribution in [1.82, 2.24) is 0 Å². The van der Waals surface area contributed by atoms with Crippen molar-refractivity contribution >= 4 is 18.0 Å². The van der Waals surface area contributed by atoms with Crippen LogP contribution in [-0.4, -0.2) is 24.1 Å². The molecule has 0 aromatic rings. The van der Waals surface area contributed by atoms with Crippen LogP contribution >= 0.6 is 0 Å². The van der Waals surface area contributed by atoms with Crippen molar-refractivity contribution in [3.8, 4) is 0 Å². The highest BCUT2D eigenvalue weighted by atomic mass is 16.6. The number of hydrogen-bond donors (Lipinski definition) is 0. The van der Waals surface area contributed by atoms with Crippen LogP contribution < -0.4 is 0 Å². The highest BCUT2D eigenvalue weighted by molar-refractivity contribution is 6.01. The normalized spacial score (nSPS) is 25.8. The van der Waals surface area contributed by atoms with E-state index in [0.717, 1.165) is 0 Å². The minimum Gasteiger partial charge on any atom is -0.447 e. The van der Waals surface area contributed by atoms with Gasteiger partial charge in [-0.3, -0.25) is 14.4 Å². The predicted molar refractivity (Wildman–Crippen MR) is 30.2 cm³/mol. The summed E-state index contributed by atoms with van der Waals surface area (Å²) in [6.07, 6.45) is -0.564. The van der Waals surface area contributed by atoms with E-state index in [-0.39, 0.29) is 18.6 Å². The molecule has 0 radical (unpaired) electrons. The molecule has 4 heteroatoms. The van der Waals surface area contributed by atoms with Gasteiger partial charge in [0.05, 0.1) is 6.42 Å². The summed E-state index contributed by atoms with van der Waals surface area (Å²) in [7, 11) is 0. The molecule has 0 saturated carbocycles. The fourth-order valence-corrected chi connectivity index (χ4v) is 0.737. The van der Waals surface area contributed by atoms with Crippen LogP contribution in [0.1, 0.15) is 12.8 Å². The van der Waals surface area contributed by atoms with Crippen LogP contribution in [0.2, 0.25) is 0 Å². The molecule has 0 aromatic carbocycles. The Balaban J connectivity index is 2.62. The summed E-state index contributed by atoms with van der Waals surface area (Å²) < 4.78 is 4.39. The maximum absolute atomic E-state index is 10.7. The molecule has 0 aromatic heterocycles. The predicted octanol–water partition coefficient (Wildman–Crippen LogP) is -0.540. The third-order valence-electron chi connectivity index (χ3n) is 1.27. The average molecular weight is 142 g/mol. The summed E-state index contributed by atoms with van der Waals surface area (Å²) in [5, 5.41) is 0. The quantitative estimate of drug-likeness (QED) is 0.280. The second-order valence-electron chi connectivity index (χ2n) is 2.01. The van der Waals surface area contributed by atoms with Crippen molar-refractivity contribution < 1.29 is 19.1 Å². The Morgan fingerprint density at radius 1 is 1.40 bits per heavy atom. The van der Waals surface area contributed by atoms with Crippen molar-refractivity contribution in [1.29, 1.82) is 0 Å². The maximum atomic E-state index is 10.7. The Morgan fingerprint density at radius 2 is 2.10 bits per heavy atom. The van der Waals surface area contributed by atoms with Crippen molar-refractivity contribution in [3.05, 3.63) is 0 Å². The lowest BCUT2D eigenvalue weighted by Gasteiger charge is -2.15. The van der Waals surface area contributed by atoms with E-state index in [4.69, 9.17) is 0 Å². The number of carbonyl (C=O) groups excluding carboxylic acids is 3. The zero-order valence-corrected chi connectivity index (χ0v) is 5.20. The maximum Gasteiger partial charge on any atom is 0.307 e. The molecular formula is C6H6O4. The summed E-state index contributed by atoms with van der Waals surface area (Å²) in [5.41, 5.74) is 0. The van der Waals surface area contributed by atoms with Crippen LogP contribution in [0.4, 0.5) is 0 Å². The molecule has 1 unspecified atom stereocenters. The van der Waals surface area contributed by atoms with E-state index in [1.807, 2.05) is 0 Å². The molecule has 1 saturated heterocycles. The van der Waals surface area contributed by atoms with Gasteiger partial charge in [-0.05, 0) is 0 Å². The van der Waals surface area contributed by atoms with Crippen LogP contribution in [0.15, 0.2) is 0 Å². The zero-order chi connectivity index (χ0) is 7.56. The molecule has 0 aliphatic carbocycles. The van der Waals surface area contributed by atoms with Crippen molar-refractivity contribution in [2.75, 3.05) is 0 Å². The van der Waals surface area contributed by atoms with Crippen molar-refractivity contribution in [2.45, 2.75) is 18.9 Å². The molecule has 0 spiro atoms. The lowest BCUT2D eigenvalue weighted by atomic mass is 10.1. The number of rotatable bonds is 1. The topological polar surface area (TPSA) is 60.4 Å². The number of carbonyl (C=O) groups is 3. The zero-order valence-electron chi connectivity index (χ0n) is 5.20. The Hall–Kier alpha value is -1.19. The monoisotopic (exact) mass is 142 g/mol. The number of ketones is 1. The van der Waals surface area contributed by atoms with E-state index in [2.05, 4.69) is 4.74 Å². The van der Waals surface area contributed by atoms with Gasteiger partial charge in [-0.25, -0.2) is 0 Å². The lowest BCUT2D eigenvalue weighted by molar-refractivity contribution is -0.162. The van der Waals surface area contributed by atoms with Gasteiger partial charge in [-0.15, -0.1) is 0 Å². The van der Waals surface area contributed by atoms with Gasteiger partial charge in [0.2, 0.25) is 6.10 Å². The third kappa shape index (κ3) is 1.21. The molecule has 0 N–H and O–H groups in total. The van der Waals surface area contributed by atoms with Gasteiger partial charge in [0.15, 0.2) is 12.1 Å². The van der Waals surface area contributed by atoms with E-state index < -0.39 is 12.1 Å². The third-order valence-corrected chi connectivity index (χ3v) is 1.27. The van der Waals surface area contributed by atoms with Crippen LogP contribution in [-0.2, 0) is 19.1 Å². The van der Waals surface area contributed by atoms with Gasteiger partial charge in [-0.2, -0.15) is 0 Å². The molecular weight excluding hydrogens is 136 g/mol. The molecule has 1 fully saturated rings. The highest BCUT2D eigenvalue weighted by Crippen LogP contribution is 2.07. The lowest BCUT2D eigenvalue weighted by Crippen LogP contribution is -2.33. The van der Waals surface area contributed by atoms with Crippen LogP contribution in [0, 0.1) is 0 Å². The molecule has 1 aliphatic heterocycles. The van der Waals surface area contributed by atoms with E-state index in [1.54, 1.807) is 0 Å². The van der Waals surface area contributed by atoms with Crippen LogP contribution in [0.25, 0.3) is 0 Å². The molecule has 1 heterocycles. The number of Topliss-reactive ketones (excluding diaryl/α,β-unsaturated/α-hetero) is 1. The van der Waals surface area contributed by atoms with Gasteiger partial charge in [0.25, 0.3) is 0 Å². The number of cyclic esters (lactones) is 1. The Bertz CT molecular complexity index is 184. The Labute approximate surface area is 57.2 Å². The number of esters is 1. The van der Waals surface area contributed by atoms with Gasteiger partial charge in [0.1, 0.15) is 0 Å². The van der Waals surface area contributed by atoms with Crippen molar-refractivity contribution in [3.63, 3.8) is 0 Å². The van der Waals surface area contributed by atoms with Gasteiger partial charge < -0.3 is 4.74 Å². The molecule has 10 heavy (non-hydrogen) atoms. The average Bonchev–Trinajstić information content (AvgIpc) is 1.94. The second kappa shape index (κ2) is 2.60. The van der Waals surface area contributed by atoms with Crippen LogP contribution in [0.5, 0.6) is 0 Å². The highest BCUT2D eigenvalue weighted by Gasteiger charge is 2.27. The molecule has 1 atom stereocenters. The van der Waals surface area contributed by atoms with Crippen molar-refractivity contribution in [2.24, 2.45) is 0 Å². The Kier molecular flexibility index (Phi) is 1.80. The summed E-state index contributed by atoms with van der Waals surface area (Å²) >= 11 is 0. The molecule has 1 aliphatic rings. The SMILES string of the molecule is O=CC1OC(=O)CCC1=O. The first kappa shape index (κ1) is 6.92.